The molecule has 0 bridgehead atoms. The highest BCUT2D eigenvalue weighted by Gasteiger charge is 2.51. The SMILES string of the molecule is COc1ccc(S(=O)(=O)NC2C(O)CC3Oc4c(C(C)C(=O)O)cccc4C32)cc1. The highest BCUT2D eigenvalue weighted by Crippen LogP contribution is 2.50. The minimum absolute atomic E-state index is 0.0614. The van der Waals surface area contributed by atoms with Crippen molar-refractivity contribution in [2.45, 2.75) is 48.3 Å². The van der Waals surface area contributed by atoms with Crippen molar-refractivity contribution < 1.29 is 32.9 Å². The average Bonchev–Trinajstić information content (AvgIpc) is 3.22. The Kier molecular flexibility index (Phi) is 5.21. The lowest BCUT2D eigenvalue weighted by atomic mass is 9.90. The number of nitrogens with one attached hydrogen (secondary N) is 1. The van der Waals surface area contributed by atoms with Crippen molar-refractivity contribution in [1.29, 1.82) is 0 Å². The number of carboxylic acids is 1. The van der Waals surface area contributed by atoms with Crippen LogP contribution in [0, 0.1) is 0 Å². The first-order chi connectivity index (χ1) is 14.2. The van der Waals surface area contributed by atoms with Crippen LogP contribution in [0.1, 0.15) is 36.3 Å². The Bertz CT molecular complexity index is 1070. The molecule has 0 radical (unpaired) electrons. The summed E-state index contributed by atoms with van der Waals surface area (Å²) in [6, 6.07) is 10.4. The van der Waals surface area contributed by atoms with E-state index in [9.17, 15) is 23.4 Å². The van der Waals surface area contributed by atoms with Crippen LogP contribution < -0.4 is 14.2 Å². The summed E-state index contributed by atoms with van der Waals surface area (Å²) < 4.78 is 39.5. The van der Waals surface area contributed by atoms with E-state index in [0.717, 1.165) is 0 Å². The third-order valence-electron chi connectivity index (χ3n) is 5.88. The van der Waals surface area contributed by atoms with Crippen LogP contribution in [-0.2, 0) is 14.8 Å². The van der Waals surface area contributed by atoms with E-state index in [4.69, 9.17) is 9.47 Å². The Morgan fingerprint density at radius 2 is 1.93 bits per heavy atom. The van der Waals surface area contributed by atoms with Crippen molar-refractivity contribution in [3.05, 3.63) is 53.6 Å². The Morgan fingerprint density at radius 3 is 2.57 bits per heavy atom. The maximum absolute atomic E-state index is 12.9. The summed E-state index contributed by atoms with van der Waals surface area (Å²) in [6.07, 6.45) is -1.11. The molecule has 5 unspecified atom stereocenters. The lowest BCUT2D eigenvalue weighted by molar-refractivity contribution is -0.138. The summed E-state index contributed by atoms with van der Waals surface area (Å²) in [5, 5.41) is 19.9. The van der Waals surface area contributed by atoms with E-state index in [0.29, 0.717) is 22.6 Å². The standard InChI is InChI=1S/C21H23NO7S/c1-11(21(24)25)14-4-3-5-15-18-17(29-20(14)15)10-16(23)19(18)22-30(26,27)13-8-6-12(28-2)7-9-13/h3-9,11,16-19,22-23H,10H2,1-2H3,(H,24,25). The molecule has 9 heteroatoms. The van der Waals surface area contributed by atoms with Crippen LogP contribution in [0.25, 0.3) is 0 Å². The minimum atomic E-state index is -3.90. The number of carbonyl (C=O) groups is 1. The van der Waals surface area contributed by atoms with Crippen molar-refractivity contribution in [2.24, 2.45) is 0 Å². The number of fused-ring (bicyclic) bond motifs is 3. The van der Waals surface area contributed by atoms with E-state index >= 15 is 0 Å². The molecule has 1 aliphatic heterocycles. The fourth-order valence-electron chi connectivity index (χ4n) is 4.27. The van der Waals surface area contributed by atoms with Gasteiger partial charge in [0.1, 0.15) is 17.6 Å². The Balaban J connectivity index is 1.65. The highest BCUT2D eigenvalue weighted by molar-refractivity contribution is 7.89. The van der Waals surface area contributed by atoms with Gasteiger partial charge in [-0.25, -0.2) is 13.1 Å². The molecule has 2 aliphatic rings. The molecule has 4 rings (SSSR count). The number of ether oxygens (including phenoxy) is 2. The fourth-order valence-corrected chi connectivity index (χ4v) is 5.56. The van der Waals surface area contributed by atoms with Crippen LogP contribution in [0.5, 0.6) is 11.5 Å². The second-order valence-corrected chi connectivity index (χ2v) is 9.35. The number of aliphatic carboxylic acids is 1. The number of aliphatic hydroxyl groups is 1. The van der Waals surface area contributed by atoms with Gasteiger partial charge in [0.05, 0.1) is 30.1 Å². The summed E-state index contributed by atoms with van der Waals surface area (Å²) >= 11 is 0. The lowest BCUT2D eigenvalue weighted by Gasteiger charge is -2.22. The van der Waals surface area contributed by atoms with Crippen molar-refractivity contribution in [3.63, 3.8) is 0 Å². The molecular weight excluding hydrogens is 410 g/mol. The second-order valence-electron chi connectivity index (χ2n) is 7.63. The van der Waals surface area contributed by atoms with Crippen molar-refractivity contribution >= 4 is 16.0 Å². The molecule has 30 heavy (non-hydrogen) atoms. The third-order valence-corrected chi connectivity index (χ3v) is 7.35. The molecule has 1 saturated carbocycles. The van der Waals surface area contributed by atoms with Crippen LogP contribution in [-0.4, -0.2) is 50.0 Å². The fraction of sp³-hybridized carbons (Fsp3) is 0.381. The van der Waals surface area contributed by atoms with Gasteiger partial charge >= 0.3 is 5.97 Å². The first-order valence-corrected chi connectivity index (χ1v) is 11.1. The van der Waals surface area contributed by atoms with Gasteiger partial charge in [-0.05, 0) is 31.2 Å². The second kappa shape index (κ2) is 7.57. The van der Waals surface area contributed by atoms with Crippen molar-refractivity contribution in [1.82, 2.24) is 4.72 Å². The average molecular weight is 433 g/mol. The number of carboxylic acid groups (broad SMARTS) is 1. The van der Waals surface area contributed by atoms with Gasteiger partial charge in [-0.15, -0.1) is 0 Å². The summed E-state index contributed by atoms with van der Waals surface area (Å²) in [5.74, 6) is -1.14. The molecular formula is C21H23NO7S. The van der Waals surface area contributed by atoms with Gasteiger partial charge in [0, 0.05) is 23.5 Å². The molecule has 0 saturated heterocycles. The maximum Gasteiger partial charge on any atom is 0.310 e. The van der Waals surface area contributed by atoms with Gasteiger partial charge in [-0.2, -0.15) is 0 Å². The normalized spacial score (nSPS) is 25.8. The predicted molar refractivity (Wildman–Crippen MR) is 107 cm³/mol. The molecule has 1 heterocycles. The molecule has 1 fully saturated rings. The van der Waals surface area contributed by atoms with E-state index in [1.165, 1.54) is 19.2 Å². The summed E-state index contributed by atoms with van der Waals surface area (Å²) in [7, 11) is -2.40. The van der Waals surface area contributed by atoms with Crippen molar-refractivity contribution in [3.8, 4) is 11.5 Å². The molecule has 2 aromatic rings. The van der Waals surface area contributed by atoms with E-state index < -0.39 is 46.1 Å². The van der Waals surface area contributed by atoms with E-state index in [-0.39, 0.29) is 11.3 Å². The summed E-state index contributed by atoms with van der Waals surface area (Å²) in [6.45, 7) is 1.58. The molecule has 0 amide bonds. The topological polar surface area (TPSA) is 122 Å². The van der Waals surface area contributed by atoms with Crippen LogP contribution >= 0.6 is 0 Å². The number of methoxy groups -OCH3 is 1. The van der Waals surface area contributed by atoms with Crippen LogP contribution in [0.2, 0.25) is 0 Å². The summed E-state index contributed by atoms with van der Waals surface area (Å²) in [5.41, 5.74) is 1.25. The molecule has 5 atom stereocenters. The number of benzene rings is 2. The Morgan fingerprint density at radius 1 is 1.23 bits per heavy atom. The van der Waals surface area contributed by atoms with Crippen LogP contribution in [0.4, 0.5) is 0 Å². The number of aliphatic hydroxyl groups excluding tert-OH is 1. The Labute approximate surface area is 174 Å². The zero-order valence-corrected chi connectivity index (χ0v) is 17.3. The number of rotatable bonds is 6. The largest absolute Gasteiger partial charge is 0.497 e. The van der Waals surface area contributed by atoms with Gasteiger partial charge in [-0.3, -0.25) is 4.79 Å². The molecule has 1 aliphatic carbocycles. The lowest BCUT2D eigenvalue weighted by Crippen LogP contribution is -2.43. The van der Waals surface area contributed by atoms with Gasteiger partial charge in [0.15, 0.2) is 0 Å². The van der Waals surface area contributed by atoms with Gasteiger partial charge in [0.2, 0.25) is 10.0 Å². The predicted octanol–water partition coefficient (Wildman–Crippen LogP) is 1.84. The number of sulfonamides is 1. The zero-order valence-electron chi connectivity index (χ0n) is 16.5. The first kappa shape index (κ1) is 20.6. The Hall–Kier alpha value is -2.62. The molecule has 8 nitrogen and oxygen atoms in total. The monoisotopic (exact) mass is 433 g/mol. The van der Waals surface area contributed by atoms with Crippen LogP contribution in [0.3, 0.4) is 0 Å². The quantitative estimate of drug-likeness (QED) is 0.635. The molecule has 3 N–H and O–H groups in total. The minimum Gasteiger partial charge on any atom is -0.497 e. The van der Waals surface area contributed by atoms with Crippen LogP contribution in [0.15, 0.2) is 47.4 Å². The van der Waals surface area contributed by atoms with Gasteiger partial charge in [0.25, 0.3) is 0 Å². The van der Waals surface area contributed by atoms with Gasteiger partial charge in [-0.1, -0.05) is 18.2 Å². The molecule has 0 aromatic heterocycles. The molecule has 160 valence electrons. The van der Waals surface area contributed by atoms with Crippen molar-refractivity contribution in [2.75, 3.05) is 7.11 Å². The van der Waals surface area contributed by atoms with E-state index in [1.807, 2.05) is 0 Å². The van der Waals surface area contributed by atoms with E-state index in [2.05, 4.69) is 4.72 Å². The number of hydrogen-bond acceptors (Lipinski definition) is 6. The smallest absolute Gasteiger partial charge is 0.310 e. The number of hydrogen-bond donors (Lipinski definition) is 3. The maximum atomic E-state index is 12.9. The van der Waals surface area contributed by atoms with Gasteiger partial charge < -0.3 is 19.7 Å². The molecule has 0 spiro atoms. The highest BCUT2D eigenvalue weighted by atomic mass is 32.2. The number of para-hydroxylation sites is 1. The van der Waals surface area contributed by atoms with E-state index in [1.54, 1.807) is 37.3 Å². The third kappa shape index (κ3) is 3.42. The molecule has 2 aromatic carbocycles. The summed E-state index contributed by atoms with van der Waals surface area (Å²) in [4.78, 5) is 11.5. The first-order valence-electron chi connectivity index (χ1n) is 9.59. The zero-order chi connectivity index (χ0) is 21.6.